The summed E-state index contributed by atoms with van der Waals surface area (Å²) < 4.78 is 13.0. The van der Waals surface area contributed by atoms with E-state index in [4.69, 9.17) is 0 Å². The lowest BCUT2D eigenvalue weighted by Crippen LogP contribution is -2.49. The molecule has 2 bridgehead atoms. The first-order valence-corrected chi connectivity index (χ1v) is 9.69. The molecule has 0 spiro atoms. The predicted molar refractivity (Wildman–Crippen MR) is 97.0 cm³/mol. The topological polar surface area (TPSA) is 35.6 Å². The molecule has 2 saturated carbocycles. The van der Waals surface area contributed by atoms with Gasteiger partial charge in [0.2, 0.25) is 5.91 Å². The molecule has 136 valence electrons. The Hall–Kier alpha value is -1.62. The van der Waals surface area contributed by atoms with E-state index >= 15 is 0 Å². The minimum absolute atomic E-state index is 0.186. The Kier molecular flexibility index (Phi) is 4.93. The van der Waals surface area contributed by atoms with Gasteiger partial charge in [-0.25, -0.2) is 4.39 Å². The fourth-order valence-corrected chi connectivity index (χ4v) is 4.92. The van der Waals surface area contributed by atoms with Gasteiger partial charge in [0.25, 0.3) is 0 Å². The first kappa shape index (κ1) is 16.8. The van der Waals surface area contributed by atoms with Gasteiger partial charge < -0.3 is 10.2 Å². The summed E-state index contributed by atoms with van der Waals surface area (Å²) in [7, 11) is 0. The molecule has 25 heavy (non-hydrogen) atoms. The summed E-state index contributed by atoms with van der Waals surface area (Å²) in [5, 5.41) is 3.17. The number of carbonyl (C=O) groups is 1. The van der Waals surface area contributed by atoms with Crippen LogP contribution in [0.4, 0.5) is 10.1 Å². The van der Waals surface area contributed by atoms with Crippen LogP contribution < -0.4 is 10.2 Å². The Bertz CT molecular complexity index is 597. The molecule has 0 radical (unpaired) electrons. The fraction of sp³-hybridized carbons (Fsp3) is 0.650. The SMILES string of the molecule is O=C(NCCN1CCN(c2ccc(F)cc2)CC1)[C@@H]1C[C@H]2CC[C@H]1C2. The lowest BCUT2D eigenvalue weighted by atomic mass is 9.88. The van der Waals surface area contributed by atoms with Gasteiger partial charge in [-0.05, 0) is 55.4 Å². The zero-order valence-electron chi connectivity index (χ0n) is 14.8. The van der Waals surface area contributed by atoms with E-state index in [1.807, 2.05) is 12.1 Å². The fourth-order valence-electron chi connectivity index (χ4n) is 4.92. The van der Waals surface area contributed by atoms with Crippen LogP contribution in [0.2, 0.25) is 0 Å². The van der Waals surface area contributed by atoms with Gasteiger partial charge in [0.1, 0.15) is 5.82 Å². The van der Waals surface area contributed by atoms with Gasteiger partial charge in [0, 0.05) is 50.9 Å². The third-order valence-corrected chi connectivity index (χ3v) is 6.37. The quantitative estimate of drug-likeness (QED) is 0.891. The molecular weight excluding hydrogens is 317 g/mol. The van der Waals surface area contributed by atoms with E-state index in [2.05, 4.69) is 15.1 Å². The van der Waals surface area contributed by atoms with Crippen molar-refractivity contribution in [1.29, 1.82) is 0 Å². The minimum Gasteiger partial charge on any atom is -0.369 e. The third-order valence-electron chi connectivity index (χ3n) is 6.37. The number of hydrogen-bond acceptors (Lipinski definition) is 3. The van der Waals surface area contributed by atoms with Crippen LogP contribution in [0, 0.1) is 23.6 Å². The second-order valence-corrected chi connectivity index (χ2v) is 7.88. The van der Waals surface area contributed by atoms with Crippen molar-refractivity contribution in [1.82, 2.24) is 10.2 Å². The molecule has 0 unspecified atom stereocenters. The highest BCUT2D eigenvalue weighted by atomic mass is 19.1. The van der Waals surface area contributed by atoms with Crippen molar-refractivity contribution in [2.45, 2.75) is 25.7 Å². The monoisotopic (exact) mass is 345 g/mol. The Balaban J connectivity index is 1.17. The maximum Gasteiger partial charge on any atom is 0.223 e. The number of anilines is 1. The molecule has 0 aromatic heterocycles. The molecule has 1 N–H and O–H groups in total. The first-order chi connectivity index (χ1) is 12.2. The highest BCUT2D eigenvalue weighted by Crippen LogP contribution is 2.48. The van der Waals surface area contributed by atoms with Gasteiger partial charge in [0.15, 0.2) is 0 Å². The average molecular weight is 345 g/mol. The van der Waals surface area contributed by atoms with Crippen LogP contribution in [0.25, 0.3) is 0 Å². The smallest absolute Gasteiger partial charge is 0.223 e. The number of fused-ring (bicyclic) bond motifs is 2. The van der Waals surface area contributed by atoms with E-state index in [1.54, 1.807) is 0 Å². The predicted octanol–water partition coefficient (Wildman–Crippen LogP) is 2.50. The molecule has 5 heteroatoms. The van der Waals surface area contributed by atoms with Crippen LogP contribution in [0.15, 0.2) is 24.3 Å². The molecule has 1 aliphatic heterocycles. The molecule has 4 rings (SSSR count). The zero-order valence-corrected chi connectivity index (χ0v) is 14.8. The highest BCUT2D eigenvalue weighted by molar-refractivity contribution is 5.79. The number of nitrogens with zero attached hydrogens (tertiary/aromatic N) is 2. The van der Waals surface area contributed by atoms with Crippen molar-refractivity contribution in [3.05, 3.63) is 30.1 Å². The summed E-state index contributed by atoms with van der Waals surface area (Å²) in [6, 6.07) is 6.74. The van der Waals surface area contributed by atoms with Gasteiger partial charge in [-0.3, -0.25) is 9.69 Å². The maximum absolute atomic E-state index is 13.0. The van der Waals surface area contributed by atoms with E-state index in [0.717, 1.165) is 57.3 Å². The second-order valence-electron chi connectivity index (χ2n) is 7.88. The number of amides is 1. The Morgan fingerprint density at radius 3 is 2.48 bits per heavy atom. The lowest BCUT2D eigenvalue weighted by Gasteiger charge is -2.36. The zero-order chi connectivity index (χ0) is 17.2. The molecule has 2 aliphatic carbocycles. The van der Waals surface area contributed by atoms with Gasteiger partial charge in [-0.15, -0.1) is 0 Å². The van der Waals surface area contributed by atoms with Crippen molar-refractivity contribution in [3.8, 4) is 0 Å². The Morgan fingerprint density at radius 1 is 1.08 bits per heavy atom. The van der Waals surface area contributed by atoms with E-state index < -0.39 is 0 Å². The van der Waals surface area contributed by atoms with Crippen molar-refractivity contribution >= 4 is 11.6 Å². The molecule has 4 nitrogen and oxygen atoms in total. The number of nitrogens with one attached hydrogen (secondary N) is 1. The summed E-state index contributed by atoms with van der Waals surface area (Å²) in [5.41, 5.74) is 1.09. The van der Waals surface area contributed by atoms with Gasteiger partial charge >= 0.3 is 0 Å². The second kappa shape index (κ2) is 7.32. The number of carbonyl (C=O) groups excluding carboxylic acids is 1. The molecule has 1 saturated heterocycles. The normalized spacial score (nSPS) is 29.2. The molecule has 1 amide bonds. The Morgan fingerprint density at radius 2 is 1.84 bits per heavy atom. The van der Waals surface area contributed by atoms with Crippen molar-refractivity contribution in [2.24, 2.45) is 17.8 Å². The summed E-state index contributed by atoms with van der Waals surface area (Å²) in [6.07, 6.45) is 5.00. The summed E-state index contributed by atoms with van der Waals surface area (Å²) >= 11 is 0. The molecule has 1 aromatic carbocycles. The first-order valence-electron chi connectivity index (χ1n) is 9.69. The number of halogens is 1. The van der Waals surface area contributed by atoms with Gasteiger partial charge in [-0.1, -0.05) is 6.42 Å². The molecular formula is C20H28FN3O. The van der Waals surface area contributed by atoms with Crippen molar-refractivity contribution < 1.29 is 9.18 Å². The van der Waals surface area contributed by atoms with Crippen LogP contribution in [0.3, 0.4) is 0 Å². The van der Waals surface area contributed by atoms with Crippen LogP contribution in [-0.4, -0.2) is 50.1 Å². The average Bonchev–Trinajstić information content (AvgIpc) is 3.26. The number of benzene rings is 1. The maximum atomic E-state index is 13.0. The van der Waals surface area contributed by atoms with Crippen LogP contribution >= 0.6 is 0 Å². The minimum atomic E-state index is -0.186. The van der Waals surface area contributed by atoms with Crippen LogP contribution in [-0.2, 0) is 4.79 Å². The van der Waals surface area contributed by atoms with E-state index in [0.29, 0.717) is 5.92 Å². The summed E-state index contributed by atoms with van der Waals surface area (Å²) in [4.78, 5) is 17.1. The van der Waals surface area contributed by atoms with Crippen LogP contribution in [0.1, 0.15) is 25.7 Å². The lowest BCUT2D eigenvalue weighted by molar-refractivity contribution is -0.126. The summed E-state index contributed by atoms with van der Waals surface area (Å²) in [5.74, 6) is 1.87. The Labute approximate surface area is 149 Å². The number of piperazine rings is 1. The van der Waals surface area contributed by atoms with Crippen molar-refractivity contribution in [3.63, 3.8) is 0 Å². The molecule has 3 fully saturated rings. The third kappa shape index (κ3) is 3.81. The van der Waals surface area contributed by atoms with E-state index in [1.165, 1.54) is 31.4 Å². The molecule has 1 aromatic rings. The summed E-state index contributed by atoms with van der Waals surface area (Å²) in [6.45, 7) is 5.55. The van der Waals surface area contributed by atoms with Crippen LogP contribution in [0.5, 0.6) is 0 Å². The molecule has 3 atom stereocenters. The van der Waals surface area contributed by atoms with E-state index in [-0.39, 0.29) is 17.6 Å². The van der Waals surface area contributed by atoms with Gasteiger partial charge in [-0.2, -0.15) is 0 Å². The number of rotatable bonds is 5. The number of hydrogen-bond donors (Lipinski definition) is 1. The van der Waals surface area contributed by atoms with Gasteiger partial charge in [0.05, 0.1) is 0 Å². The largest absolute Gasteiger partial charge is 0.369 e. The van der Waals surface area contributed by atoms with E-state index in [9.17, 15) is 9.18 Å². The highest BCUT2D eigenvalue weighted by Gasteiger charge is 2.42. The molecule has 3 aliphatic rings. The van der Waals surface area contributed by atoms with Crippen molar-refractivity contribution in [2.75, 3.05) is 44.2 Å². The molecule has 1 heterocycles. The standard InChI is InChI=1S/C20H28FN3O/c21-17-3-5-18(6-4-17)24-11-9-23(10-12-24)8-7-22-20(25)19-14-15-1-2-16(19)13-15/h3-6,15-16,19H,1-2,7-14H2,(H,22,25)/t15-,16-,19+/m0/s1.